The van der Waals surface area contributed by atoms with Gasteiger partial charge in [0.05, 0.1) is 12.1 Å². The van der Waals surface area contributed by atoms with Crippen molar-refractivity contribution in [1.82, 2.24) is 4.90 Å². The number of likely N-dealkylation sites (N-methyl/N-ethyl adjacent to an activating group) is 1. The molecule has 16 heavy (non-hydrogen) atoms. The summed E-state index contributed by atoms with van der Waals surface area (Å²) in [5.41, 5.74) is 0.260. The lowest BCUT2D eigenvalue weighted by atomic mass is 10.2. The summed E-state index contributed by atoms with van der Waals surface area (Å²) in [6.45, 7) is 4.90. The first-order chi connectivity index (χ1) is 7.63. The van der Waals surface area contributed by atoms with Crippen LogP contribution in [0.15, 0.2) is 37.0 Å². The van der Waals surface area contributed by atoms with Gasteiger partial charge < -0.3 is 14.7 Å². The number of ether oxygens (including phenoxy) is 1. The lowest BCUT2D eigenvalue weighted by Crippen LogP contribution is -2.18. The van der Waals surface area contributed by atoms with Gasteiger partial charge in [-0.25, -0.2) is 4.79 Å². The van der Waals surface area contributed by atoms with Crippen molar-refractivity contribution in [2.24, 2.45) is 0 Å². The fourth-order valence-electron chi connectivity index (χ4n) is 1.09. The first kappa shape index (κ1) is 12.1. The zero-order valence-electron chi connectivity index (χ0n) is 9.22. The molecule has 0 unspecified atom stereocenters. The van der Waals surface area contributed by atoms with E-state index in [0.717, 1.165) is 6.54 Å². The van der Waals surface area contributed by atoms with E-state index in [1.54, 1.807) is 18.3 Å². The van der Waals surface area contributed by atoms with E-state index in [1.807, 2.05) is 11.9 Å². The van der Waals surface area contributed by atoms with E-state index in [4.69, 9.17) is 9.84 Å². The maximum Gasteiger partial charge on any atom is 0.335 e. The summed E-state index contributed by atoms with van der Waals surface area (Å²) in [6.07, 6.45) is 1.72. The average Bonchev–Trinajstić information content (AvgIpc) is 2.29. The lowest BCUT2D eigenvalue weighted by molar-refractivity contribution is 0.0697. The molecule has 0 amide bonds. The third kappa shape index (κ3) is 3.65. The van der Waals surface area contributed by atoms with E-state index in [1.165, 1.54) is 12.1 Å². The summed E-state index contributed by atoms with van der Waals surface area (Å²) in [4.78, 5) is 12.5. The van der Waals surface area contributed by atoms with Gasteiger partial charge in [0, 0.05) is 7.05 Å². The summed E-state index contributed by atoms with van der Waals surface area (Å²) < 4.78 is 5.43. The standard InChI is InChI=1S/C12H15NO3/c1-3-13(2)8-9-16-11-6-4-10(5-7-11)12(14)15/h3-7H,1,8-9H2,2H3,(H,14,15). The van der Waals surface area contributed by atoms with Gasteiger partial charge in [0.2, 0.25) is 0 Å². The smallest absolute Gasteiger partial charge is 0.335 e. The monoisotopic (exact) mass is 221 g/mol. The van der Waals surface area contributed by atoms with E-state index in [2.05, 4.69) is 6.58 Å². The number of benzene rings is 1. The highest BCUT2D eigenvalue weighted by atomic mass is 16.5. The van der Waals surface area contributed by atoms with Gasteiger partial charge in [-0.3, -0.25) is 0 Å². The van der Waals surface area contributed by atoms with Gasteiger partial charge in [-0.15, -0.1) is 0 Å². The summed E-state index contributed by atoms with van der Waals surface area (Å²) >= 11 is 0. The molecule has 0 bridgehead atoms. The summed E-state index contributed by atoms with van der Waals surface area (Å²) in [6, 6.07) is 6.35. The Morgan fingerprint density at radius 3 is 2.62 bits per heavy atom. The second kappa shape index (κ2) is 5.80. The third-order valence-electron chi connectivity index (χ3n) is 2.13. The molecule has 0 atom stereocenters. The maximum atomic E-state index is 10.6. The van der Waals surface area contributed by atoms with E-state index >= 15 is 0 Å². The Kier molecular flexibility index (Phi) is 4.39. The van der Waals surface area contributed by atoms with Crippen LogP contribution in [0.25, 0.3) is 0 Å². The van der Waals surface area contributed by atoms with Gasteiger partial charge in [-0.05, 0) is 30.5 Å². The number of carboxylic acids is 1. The van der Waals surface area contributed by atoms with Crippen LogP contribution < -0.4 is 4.74 Å². The van der Waals surface area contributed by atoms with Crippen LogP contribution in [0.3, 0.4) is 0 Å². The highest BCUT2D eigenvalue weighted by Gasteiger charge is 2.01. The highest BCUT2D eigenvalue weighted by molar-refractivity contribution is 5.87. The molecule has 0 aliphatic carbocycles. The molecule has 4 nitrogen and oxygen atoms in total. The van der Waals surface area contributed by atoms with Crippen LogP contribution in [0.1, 0.15) is 10.4 Å². The summed E-state index contributed by atoms with van der Waals surface area (Å²) in [7, 11) is 1.91. The number of nitrogens with zero attached hydrogens (tertiary/aromatic N) is 1. The Balaban J connectivity index is 2.43. The first-order valence-electron chi connectivity index (χ1n) is 4.92. The minimum absolute atomic E-state index is 0.260. The molecule has 0 aromatic heterocycles. The Hall–Kier alpha value is -1.97. The molecule has 0 fully saturated rings. The molecule has 1 aromatic carbocycles. The molecule has 0 spiro atoms. The number of rotatable bonds is 6. The van der Waals surface area contributed by atoms with Crippen molar-refractivity contribution >= 4 is 5.97 Å². The molecule has 0 radical (unpaired) electrons. The molecule has 0 saturated carbocycles. The van der Waals surface area contributed by atoms with E-state index in [0.29, 0.717) is 12.4 Å². The van der Waals surface area contributed by atoms with Gasteiger partial charge in [-0.2, -0.15) is 0 Å². The van der Waals surface area contributed by atoms with Crippen molar-refractivity contribution in [2.45, 2.75) is 0 Å². The molecular weight excluding hydrogens is 206 g/mol. The van der Waals surface area contributed by atoms with Gasteiger partial charge in [0.1, 0.15) is 12.4 Å². The zero-order chi connectivity index (χ0) is 12.0. The van der Waals surface area contributed by atoms with Crippen molar-refractivity contribution in [3.05, 3.63) is 42.6 Å². The predicted octanol–water partition coefficient (Wildman–Crippen LogP) is 1.84. The first-order valence-corrected chi connectivity index (χ1v) is 4.92. The van der Waals surface area contributed by atoms with Crippen LogP contribution in [0.2, 0.25) is 0 Å². The third-order valence-corrected chi connectivity index (χ3v) is 2.13. The fraction of sp³-hybridized carbons (Fsp3) is 0.250. The fourth-order valence-corrected chi connectivity index (χ4v) is 1.09. The Morgan fingerprint density at radius 2 is 2.12 bits per heavy atom. The zero-order valence-corrected chi connectivity index (χ0v) is 9.22. The summed E-state index contributed by atoms with van der Waals surface area (Å²) in [5.74, 6) is -0.264. The van der Waals surface area contributed by atoms with Crippen LogP contribution in [-0.4, -0.2) is 36.2 Å². The molecule has 4 heteroatoms. The van der Waals surface area contributed by atoms with Crippen molar-refractivity contribution in [1.29, 1.82) is 0 Å². The van der Waals surface area contributed by atoms with Crippen LogP contribution in [0.4, 0.5) is 0 Å². The second-order valence-corrected chi connectivity index (χ2v) is 3.34. The van der Waals surface area contributed by atoms with Gasteiger partial charge in [-0.1, -0.05) is 6.58 Å². The number of aromatic carboxylic acids is 1. The van der Waals surface area contributed by atoms with E-state index < -0.39 is 5.97 Å². The van der Waals surface area contributed by atoms with Crippen LogP contribution in [-0.2, 0) is 0 Å². The van der Waals surface area contributed by atoms with Gasteiger partial charge >= 0.3 is 5.97 Å². The molecule has 0 aliphatic rings. The molecule has 1 N–H and O–H groups in total. The van der Waals surface area contributed by atoms with Crippen molar-refractivity contribution in [3.63, 3.8) is 0 Å². The maximum absolute atomic E-state index is 10.6. The molecule has 0 heterocycles. The Labute approximate surface area is 94.8 Å². The molecule has 1 aromatic rings. The number of hydrogen-bond acceptors (Lipinski definition) is 3. The van der Waals surface area contributed by atoms with Crippen molar-refractivity contribution in [3.8, 4) is 5.75 Å². The molecule has 1 rings (SSSR count). The quantitative estimate of drug-likeness (QED) is 0.796. The van der Waals surface area contributed by atoms with Crippen LogP contribution >= 0.6 is 0 Å². The SMILES string of the molecule is C=CN(C)CCOc1ccc(C(=O)O)cc1. The predicted molar refractivity (Wildman–Crippen MR) is 61.7 cm³/mol. The van der Waals surface area contributed by atoms with Crippen molar-refractivity contribution < 1.29 is 14.6 Å². The van der Waals surface area contributed by atoms with E-state index in [-0.39, 0.29) is 5.56 Å². The highest BCUT2D eigenvalue weighted by Crippen LogP contribution is 2.11. The minimum atomic E-state index is -0.932. The van der Waals surface area contributed by atoms with Gasteiger partial charge in [0.25, 0.3) is 0 Å². The summed E-state index contributed by atoms with van der Waals surface area (Å²) in [5, 5.41) is 8.70. The second-order valence-electron chi connectivity index (χ2n) is 3.34. The number of hydrogen-bond donors (Lipinski definition) is 1. The van der Waals surface area contributed by atoms with Crippen LogP contribution in [0, 0.1) is 0 Å². The molecule has 86 valence electrons. The number of carboxylic acid groups (broad SMARTS) is 1. The van der Waals surface area contributed by atoms with Crippen molar-refractivity contribution in [2.75, 3.05) is 20.2 Å². The Bertz CT molecular complexity index is 359. The normalized spacial score (nSPS) is 9.56. The largest absolute Gasteiger partial charge is 0.492 e. The minimum Gasteiger partial charge on any atom is -0.492 e. The number of carbonyl (C=O) groups is 1. The van der Waals surface area contributed by atoms with Crippen LogP contribution in [0.5, 0.6) is 5.75 Å². The van der Waals surface area contributed by atoms with E-state index in [9.17, 15) is 4.79 Å². The van der Waals surface area contributed by atoms with Gasteiger partial charge in [0.15, 0.2) is 0 Å². The Morgan fingerprint density at radius 1 is 1.50 bits per heavy atom. The average molecular weight is 221 g/mol. The molecular formula is C12H15NO3. The lowest BCUT2D eigenvalue weighted by Gasteiger charge is -2.13. The molecule has 0 saturated heterocycles. The molecule has 0 aliphatic heterocycles. The topological polar surface area (TPSA) is 49.8 Å².